The molecule has 3 rings (SSSR count). The number of hydrogen-bond acceptors (Lipinski definition) is 4. The fraction of sp³-hybridized carbons (Fsp3) is 0.350. The Balaban J connectivity index is 1.68. The molecule has 3 aromatic rings. The molecule has 3 N–H and O–H groups in total. The van der Waals surface area contributed by atoms with E-state index in [4.69, 9.17) is 10.5 Å². The SMILES string of the molecule is Cc1nn(COCC[Si](C)(C)C)cc1-c1ccc(-c2cnc(C(N)=O)[nH]2)cc1. The number of hydrogen-bond donors (Lipinski definition) is 2. The summed E-state index contributed by atoms with van der Waals surface area (Å²) in [5, 5.41) is 4.56. The highest BCUT2D eigenvalue weighted by Gasteiger charge is 2.13. The number of imidazole rings is 1. The lowest BCUT2D eigenvalue weighted by Gasteiger charge is -2.15. The second-order valence-electron chi connectivity index (χ2n) is 8.10. The Bertz CT molecular complexity index is 954. The molecule has 0 radical (unpaired) electrons. The zero-order chi connectivity index (χ0) is 20.3. The standard InChI is InChI=1S/C20H27N5O2Si/c1-14-17(12-25(24-14)13-27-9-10-28(2,3)4)15-5-7-16(8-6-15)18-11-22-20(23-18)19(21)26/h5-8,11-12H,9-10,13H2,1-4H3,(H2,21,26)(H,22,23). The Morgan fingerprint density at radius 2 is 1.89 bits per heavy atom. The maximum absolute atomic E-state index is 11.2. The van der Waals surface area contributed by atoms with E-state index in [1.807, 2.05) is 42.1 Å². The number of benzene rings is 1. The summed E-state index contributed by atoms with van der Waals surface area (Å²) >= 11 is 0. The Kier molecular flexibility index (Phi) is 5.81. The molecule has 28 heavy (non-hydrogen) atoms. The Hall–Kier alpha value is -2.71. The van der Waals surface area contributed by atoms with Crippen LogP contribution in [-0.4, -0.2) is 40.3 Å². The molecular formula is C20H27N5O2Si. The summed E-state index contributed by atoms with van der Waals surface area (Å²) in [4.78, 5) is 18.1. The molecule has 2 heterocycles. The van der Waals surface area contributed by atoms with E-state index >= 15 is 0 Å². The molecule has 0 aliphatic carbocycles. The second kappa shape index (κ2) is 8.11. The van der Waals surface area contributed by atoms with Gasteiger partial charge in [0.25, 0.3) is 5.91 Å². The first-order chi connectivity index (χ1) is 13.2. The molecule has 0 atom stereocenters. The normalized spacial score (nSPS) is 11.7. The molecule has 0 unspecified atom stereocenters. The minimum absolute atomic E-state index is 0.158. The summed E-state index contributed by atoms with van der Waals surface area (Å²) < 4.78 is 7.63. The van der Waals surface area contributed by atoms with E-state index in [1.54, 1.807) is 6.20 Å². The quantitative estimate of drug-likeness (QED) is 0.447. The largest absolute Gasteiger partial charge is 0.363 e. The molecular weight excluding hydrogens is 370 g/mol. The van der Waals surface area contributed by atoms with Crippen molar-refractivity contribution < 1.29 is 9.53 Å². The van der Waals surface area contributed by atoms with Crippen LogP contribution in [0.3, 0.4) is 0 Å². The van der Waals surface area contributed by atoms with Crippen LogP contribution in [0.4, 0.5) is 0 Å². The molecule has 1 amide bonds. The molecule has 7 nitrogen and oxygen atoms in total. The lowest BCUT2D eigenvalue weighted by molar-refractivity contribution is 0.0784. The van der Waals surface area contributed by atoms with Crippen LogP contribution < -0.4 is 5.73 Å². The predicted octanol–water partition coefficient (Wildman–Crippen LogP) is 3.66. The number of nitrogens with one attached hydrogen (secondary N) is 1. The van der Waals surface area contributed by atoms with Crippen LogP contribution in [0.5, 0.6) is 0 Å². The van der Waals surface area contributed by atoms with Crippen molar-refractivity contribution in [2.24, 2.45) is 5.73 Å². The Morgan fingerprint density at radius 1 is 1.21 bits per heavy atom. The van der Waals surface area contributed by atoms with Crippen LogP contribution in [0.2, 0.25) is 25.7 Å². The minimum Gasteiger partial charge on any atom is -0.363 e. The van der Waals surface area contributed by atoms with Crippen LogP contribution in [-0.2, 0) is 11.5 Å². The van der Waals surface area contributed by atoms with Crippen molar-refractivity contribution in [2.75, 3.05) is 6.61 Å². The molecule has 0 fully saturated rings. The van der Waals surface area contributed by atoms with Gasteiger partial charge in [0.1, 0.15) is 6.73 Å². The summed E-state index contributed by atoms with van der Waals surface area (Å²) in [5.74, 6) is -0.414. The minimum atomic E-state index is -1.08. The van der Waals surface area contributed by atoms with Gasteiger partial charge in [-0.1, -0.05) is 43.9 Å². The fourth-order valence-electron chi connectivity index (χ4n) is 2.83. The lowest BCUT2D eigenvalue weighted by atomic mass is 10.0. The summed E-state index contributed by atoms with van der Waals surface area (Å²) in [6.07, 6.45) is 3.62. The molecule has 2 aromatic heterocycles. The number of carbonyl (C=O) groups is 1. The number of rotatable bonds is 8. The van der Waals surface area contributed by atoms with E-state index in [0.29, 0.717) is 6.73 Å². The molecule has 0 spiro atoms. The van der Waals surface area contributed by atoms with Crippen molar-refractivity contribution in [3.8, 4) is 22.4 Å². The smallest absolute Gasteiger partial charge is 0.284 e. The van der Waals surface area contributed by atoms with E-state index in [9.17, 15) is 4.79 Å². The van der Waals surface area contributed by atoms with E-state index < -0.39 is 14.0 Å². The first-order valence-corrected chi connectivity index (χ1v) is 13.0. The van der Waals surface area contributed by atoms with Gasteiger partial charge >= 0.3 is 0 Å². The second-order valence-corrected chi connectivity index (χ2v) is 13.7. The predicted molar refractivity (Wildman–Crippen MR) is 113 cm³/mol. The average Bonchev–Trinajstić information content (AvgIpc) is 3.25. The molecule has 0 aliphatic rings. The zero-order valence-corrected chi connectivity index (χ0v) is 17.8. The van der Waals surface area contributed by atoms with Crippen LogP contribution in [0.15, 0.2) is 36.7 Å². The van der Waals surface area contributed by atoms with Crippen LogP contribution >= 0.6 is 0 Å². The van der Waals surface area contributed by atoms with E-state index in [-0.39, 0.29) is 5.82 Å². The summed E-state index contributed by atoms with van der Waals surface area (Å²) in [5.41, 5.74) is 10.0. The molecule has 0 aliphatic heterocycles. The summed E-state index contributed by atoms with van der Waals surface area (Å²) in [6.45, 7) is 10.3. The monoisotopic (exact) mass is 397 g/mol. The molecule has 0 saturated heterocycles. The number of nitrogens with two attached hydrogens (primary N) is 1. The number of aromatic nitrogens is 4. The van der Waals surface area contributed by atoms with E-state index in [1.165, 1.54) is 0 Å². The number of H-pyrrole nitrogens is 1. The number of nitrogens with zero attached hydrogens (tertiary/aromatic N) is 3. The van der Waals surface area contributed by atoms with Crippen molar-refractivity contribution >= 4 is 14.0 Å². The highest BCUT2D eigenvalue weighted by Crippen LogP contribution is 2.26. The molecule has 1 aromatic carbocycles. The zero-order valence-electron chi connectivity index (χ0n) is 16.8. The van der Waals surface area contributed by atoms with Crippen molar-refractivity contribution in [3.05, 3.63) is 48.2 Å². The van der Waals surface area contributed by atoms with Crippen molar-refractivity contribution in [1.82, 2.24) is 19.7 Å². The number of aromatic amines is 1. The third-order valence-electron chi connectivity index (χ3n) is 4.48. The highest BCUT2D eigenvalue weighted by molar-refractivity contribution is 6.76. The van der Waals surface area contributed by atoms with Gasteiger partial charge in [-0.25, -0.2) is 9.67 Å². The third-order valence-corrected chi connectivity index (χ3v) is 6.19. The van der Waals surface area contributed by atoms with Crippen molar-refractivity contribution in [3.63, 3.8) is 0 Å². The average molecular weight is 398 g/mol. The van der Waals surface area contributed by atoms with Gasteiger partial charge in [-0.3, -0.25) is 4.79 Å². The number of primary amides is 1. The lowest BCUT2D eigenvalue weighted by Crippen LogP contribution is -2.22. The number of ether oxygens (including phenoxy) is 1. The topological polar surface area (TPSA) is 98.8 Å². The van der Waals surface area contributed by atoms with Gasteiger partial charge in [-0.05, 0) is 24.1 Å². The van der Waals surface area contributed by atoms with Gasteiger partial charge in [-0.15, -0.1) is 0 Å². The van der Waals surface area contributed by atoms with Gasteiger partial charge in [0.2, 0.25) is 0 Å². The molecule has 8 heteroatoms. The molecule has 0 bridgehead atoms. The summed E-state index contributed by atoms with van der Waals surface area (Å²) in [7, 11) is -1.08. The first kappa shape index (κ1) is 20.0. The molecule has 148 valence electrons. The van der Waals surface area contributed by atoms with Gasteiger partial charge in [0.15, 0.2) is 5.82 Å². The van der Waals surface area contributed by atoms with E-state index in [0.717, 1.165) is 40.7 Å². The van der Waals surface area contributed by atoms with Crippen molar-refractivity contribution in [1.29, 1.82) is 0 Å². The number of amides is 1. The maximum atomic E-state index is 11.2. The van der Waals surface area contributed by atoms with E-state index in [2.05, 4.69) is 34.7 Å². The van der Waals surface area contributed by atoms with Crippen LogP contribution in [0.1, 0.15) is 16.3 Å². The maximum Gasteiger partial charge on any atom is 0.284 e. The Labute approximate surface area is 165 Å². The molecule has 0 saturated carbocycles. The van der Waals surface area contributed by atoms with Crippen LogP contribution in [0, 0.1) is 6.92 Å². The van der Waals surface area contributed by atoms with Gasteiger partial charge in [0.05, 0.1) is 17.6 Å². The van der Waals surface area contributed by atoms with Gasteiger partial charge < -0.3 is 15.5 Å². The third kappa shape index (κ3) is 4.96. The Morgan fingerprint density at radius 3 is 2.50 bits per heavy atom. The van der Waals surface area contributed by atoms with Gasteiger partial charge in [0, 0.05) is 26.4 Å². The van der Waals surface area contributed by atoms with Gasteiger partial charge in [-0.2, -0.15) is 5.10 Å². The highest BCUT2D eigenvalue weighted by atomic mass is 28.3. The number of aryl methyl sites for hydroxylation is 1. The van der Waals surface area contributed by atoms with Crippen molar-refractivity contribution in [2.45, 2.75) is 39.3 Å². The van der Waals surface area contributed by atoms with Crippen LogP contribution in [0.25, 0.3) is 22.4 Å². The fourth-order valence-corrected chi connectivity index (χ4v) is 3.58. The summed E-state index contributed by atoms with van der Waals surface area (Å²) in [6, 6.07) is 9.16. The number of carbonyl (C=O) groups excluding carboxylic acids is 1. The first-order valence-electron chi connectivity index (χ1n) is 9.30.